The summed E-state index contributed by atoms with van der Waals surface area (Å²) in [6, 6.07) is 13.5. The third-order valence-corrected chi connectivity index (χ3v) is 2.56. The third-order valence-electron chi connectivity index (χ3n) is 2.56. The lowest BCUT2D eigenvalue weighted by molar-refractivity contribution is 0.475. The smallest absolute Gasteiger partial charge is 0.116 e. The van der Waals surface area contributed by atoms with Crippen molar-refractivity contribution in [3.05, 3.63) is 65.7 Å². The number of phenols is 1. The van der Waals surface area contributed by atoms with Gasteiger partial charge in [-0.3, -0.25) is 0 Å². The van der Waals surface area contributed by atoms with Crippen LogP contribution < -0.4 is 5.73 Å². The summed E-state index contributed by atoms with van der Waals surface area (Å²) in [4.78, 5) is 0. The Morgan fingerprint density at radius 3 is 2.17 bits per heavy atom. The Balaban J connectivity index is 0.000000199. The number of rotatable bonds is 1. The van der Waals surface area contributed by atoms with Gasteiger partial charge in [-0.15, -0.1) is 0 Å². The maximum absolute atomic E-state index is 9.15. The molecule has 0 atom stereocenters. The molecule has 0 aliphatic rings. The van der Waals surface area contributed by atoms with Gasteiger partial charge in [-0.1, -0.05) is 48.6 Å². The standard InChI is InChI=1S/C9H11NO.C7H8/c1-3-7-5-8(11)4-6(2)9(7)10;1-7-5-3-2-4-6-7/h3-5,11H,1,10H2,2H3;2-6H,1H3. The van der Waals surface area contributed by atoms with Crippen LogP contribution >= 0.6 is 0 Å². The molecule has 0 saturated heterocycles. The van der Waals surface area contributed by atoms with Gasteiger partial charge in [-0.25, -0.2) is 0 Å². The van der Waals surface area contributed by atoms with Gasteiger partial charge in [-0.2, -0.15) is 0 Å². The highest BCUT2D eigenvalue weighted by molar-refractivity contribution is 5.68. The van der Waals surface area contributed by atoms with Gasteiger partial charge in [-0.05, 0) is 31.5 Å². The lowest BCUT2D eigenvalue weighted by atomic mass is 10.1. The van der Waals surface area contributed by atoms with E-state index in [1.54, 1.807) is 18.2 Å². The zero-order valence-electron chi connectivity index (χ0n) is 10.9. The summed E-state index contributed by atoms with van der Waals surface area (Å²) in [6.45, 7) is 7.52. The zero-order chi connectivity index (χ0) is 13.5. The molecule has 94 valence electrons. The molecule has 0 aliphatic carbocycles. The number of aryl methyl sites for hydroxylation is 2. The Labute approximate surface area is 108 Å². The van der Waals surface area contributed by atoms with Crippen molar-refractivity contribution in [3.8, 4) is 5.75 Å². The molecule has 2 aromatic carbocycles. The minimum absolute atomic E-state index is 0.228. The number of nitrogen functional groups attached to an aromatic ring is 1. The second-order valence-electron chi connectivity index (χ2n) is 4.12. The van der Waals surface area contributed by atoms with Gasteiger partial charge in [0, 0.05) is 11.3 Å². The summed E-state index contributed by atoms with van der Waals surface area (Å²) >= 11 is 0. The molecule has 0 aliphatic heterocycles. The predicted octanol–water partition coefficient (Wildman–Crippen LogP) is 3.92. The summed E-state index contributed by atoms with van der Waals surface area (Å²) in [7, 11) is 0. The van der Waals surface area contributed by atoms with E-state index in [1.807, 2.05) is 25.1 Å². The summed E-state index contributed by atoms with van der Waals surface area (Å²) < 4.78 is 0. The largest absolute Gasteiger partial charge is 0.508 e. The second kappa shape index (κ2) is 6.50. The minimum atomic E-state index is 0.228. The average molecular weight is 241 g/mol. The number of aromatic hydroxyl groups is 1. The SMILES string of the molecule is C=Cc1cc(O)cc(C)c1N.Cc1ccccc1. The van der Waals surface area contributed by atoms with E-state index >= 15 is 0 Å². The van der Waals surface area contributed by atoms with Crippen LogP contribution in [0.2, 0.25) is 0 Å². The first-order valence-electron chi connectivity index (χ1n) is 5.77. The monoisotopic (exact) mass is 241 g/mol. The lowest BCUT2D eigenvalue weighted by Crippen LogP contribution is -1.92. The molecule has 0 bridgehead atoms. The first-order chi connectivity index (χ1) is 8.54. The van der Waals surface area contributed by atoms with Crippen LogP contribution in [0.1, 0.15) is 16.7 Å². The van der Waals surface area contributed by atoms with Gasteiger partial charge in [0.1, 0.15) is 5.75 Å². The number of anilines is 1. The molecule has 0 radical (unpaired) electrons. The number of benzene rings is 2. The lowest BCUT2D eigenvalue weighted by Gasteiger charge is -2.04. The van der Waals surface area contributed by atoms with Gasteiger partial charge >= 0.3 is 0 Å². The number of phenolic OH excluding ortho intramolecular Hbond substituents is 1. The van der Waals surface area contributed by atoms with E-state index in [1.165, 1.54) is 5.56 Å². The zero-order valence-corrected chi connectivity index (χ0v) is 10.9. The molecular formula is C16H19NO. The van der Waals surface area contributed by atoms with Crippen molar-refractivity contribution in [1.82, 2.24) is 0 Å². The van der Waals surface area contributed by atoms with Crippen LogP contribution in [0.25, 0.3) is 6.08 Å². The van der Waals surface area contributed by atoms with Crippen molar-refractivity contribution in [1.29, 1.82) is 0 Å². The van der Waals surface area contributed by atoms with E-state index in [0.29, 0.717) is 5.69 Å². The van der Waals surface area contributed by atoms with E-state index in [0.717, 1.165) is 11.1 Å². The van der Waals surface area contributed by atoms with E-state index in [4.69, 9.17) is 10.8 Å². The van der Waals surface area contributed by atoms with E-state index in [2.05, 4.69) is 25.6 Å². The van der Waals surface area contributed by atoms with Crippen molar-refractivity contribution >= 4 is 11.8 Å². The Bertz CT molecular complexity index is 518. The summed E-state index contributed by atoms with van der Waals surface area (Å²) in [6.07, 6.45) is 1.63. The highest BCUT2D eigenvalue weighted by atomic mass is 16.3. The fourth-order valence-corrected chi connectivity index (χ4v) is 1.51. The molecule has 3 N–H and O–H groups in total. The van der Waals surface area contributed by atoms with Crippen LogP contribution in [0, 0.1) is 13.8 Å². The van der Waals surface area contributed by atoms with E-state index < -0.39 is 0 Å². The highest BCUT2D eigenvalue weighted by Crippen LogP contribution is 2.23. The first kappa shape index (κ1) is 13.8. The van der Waals surface area contributed by atoms with Crippen molar-refractivity contribution in [2.75, 3.05) is 5.73 Å². The van der Waals surface area contributed by atoms with E-state index in [-0.39, 0.29) is 5.75 Å². The van der Waals surface area contributed by atoms with Crippen molar-refractivity contribution in [2.24, 2.45) is 0 Å². The van der Waals surface area contributed by atoms with E-state index in [9.17, 15) is 0 Å². The fraction of sp³-hybridized carbons (Fsp3) is 0.125. The van der Waals surface area contributed by atoms with Crippen LogP contribution in [0.3, 0.4) is 0 Å². The topological polar surface area (TPSA) is 46.2 Å². The quantitative estimate of drug-likeness (QED) is 0.587. The molecule has 0 unspecified atom stereocenters. The van der Waals surface area contributed by atoms with Crippen LogP contribution in [0.5, 0.6) is 5.75 Å². The van der Waals surface area contributed by atoms with Gasteiger partial charge in [0.15, 0.2) is 0 Å². The molecule has 18 heavy (non-hydrogen) atoms. The Kier molecular flexibility index (Phi) is 5.00. The van der Waals surface area contributed by atoms with Crippen LogP contribution in [0.4, 0.5) is 5.69 Å². The van der Waals surface area contributed by atoms with Crippen molar-refractivity contribution < 1.29 is 5.11 Å². The average Bonchev–Trinajstić information content (AvgIpc) is 2.35. The molecule has 2 aromatic rings. The second-order valence-corrected chi connectivity index (χ2v) is 4.12. The minimum Gasteiger partial charge on any atom is -0.508 e. The van der Waals surface area contributed by atoms with Crippen molar-refractivity contribution in [3.63, 3.8) is 0 Å². The Morgan fingerprint density at radius 2 is 1.72 bits per heavy atom. The molecule has 0 aromatic heterocycles. The van der Waals surface area contributed by atoms with Gasteiger partial charge in [0.25, 0.3) is 0 Å². The molecule has 2 nitrogen and oxygen atoms in total. The maximum atomic E-state index is 9.15. The molecular weight excluding hydrogens is 222 g/mol. The highest BCUT2D eigenvalue weighted by Gasteiger charge is 2.00. The summed E-state index contributed by atoms with van der Waals surface area (Å²) in [5, 5.41) is 9.15. The first-order valence-corrected chi connectivity index (χ1v) is 5.77. The van der Waals surface area contributed by atoms with Gasteiger partial charge < -0.3 is 10.8 Å². The normalized spacial score (nSPS) is 9.22. The Morgan fingerprint density at radius 1 is 1.11 bits per heavy atom. The fourth-order valence-electron chi connectivity index (χ4n) is 1.51. The molecule has 0 amide bonds. The maximum Gasteiger partial charge on any atom is 0.116 e. The number of hydrogen-bond donors (Lipinski definition) is 2. The summed E-state index contributed by atoms with van der Waals surface area (Å²) in [5.74, 6) is 0.228. The molecule has 2 heteroatoms. The molecule has 0 heterocycles. The molecule has 0 fully saturated rings. The predicted molar refractivity (Wildman–Crippen MR) is 78.5 cm³/mol. The number of hydrogen-bond acceptors (Lipinski definition) is 2. The molecule has 0 spiro atoms. The molecule has 0 saturated carbocycles. The summed E-state index contributed by atoms with van der Waals surface area (Å²) in [5.41, 5.74) is 9.33. The van der Waals surface area contributed by atoms with Gasteiger partial charge in [0.05, 0.1) is 0 Å². The third kappa shape index (κ3) is 3.98. The van der Waals surface area contributed by atoms with Crippen molar-refractivity contribution in [2.45, 2.75) is 13.8 Å². The van der Waals surface area contributed by atoms with Crippen LogP contribution in [0.15, 0.2) is 49.0 Å². The van der Waals surface area contributed by atoms with Gasteiger partial charge in [0.2, 0.25) is 0 Å². The Hall–Kier alpha value is -2.22. The number of nitrogens with two attached hydrogens (primary N) is 1. The van der Waals surface area contributed by atoms with Crippen LogP contribution in [-0.2, 0) is 0 Å². The molecule has 2 rings (SSSR count). The van der Waals surface area contributed by atoms with Crippen LogP contribution in [-0.4, -0.2) is 5.11 Å².